The van der Waals surface area contributed by atoms with Gasteiger partial charge in [0.05, 0.1) is 7.11 Å². The lowest BCUT2D eigenvalue weighted by Gasteiger charge is -2.26. The van der Waals surface area contributed by atoms with Crippen LogP contribution in [0.15, 0.2) is 24.3 Å². The van der Waals surface area contributed by atoms with E-state index in [-0.39, 0.29) is 18.1 Å². The molecule has 0 fully saturated rings. The minimum Gasteiger partial charge on any atom is -0.508 e. The fraction of sp³-hybridized carbons (Fsp3) is 0.550. The minimum absolute atomic E-state index is 0.0547. The fourth-order valence-electron chi connectivity index (χ4n) is 2.49. The maximum absolute atomic E-state index is 12.7. The molecule has 28 heavy (non-hydrogen) atoms. The Morgan fingerprint density at radius 2 is 1.79 bits per heavy atom. The molecule has 0 saturated heterocycles. The Bertz CT molecular complexity index is 696. The van der Waals surface area contributed by atoms with Gasteiger partial charge in [0, 0.05) is 6.42 Å². The van der Waals surface area contributed by atoms with E-state index in [9.17, 15) is 19.5 Å². The van der Waals surface area contributed by atoms with Crippen LogP contribution in [0.5, 0.6) is 5.75 Å². The van der Waals surface area contributed by atoms with Crippen molar-refractivity contribution in [1.29, 1.82) is 0 Å². The smallest absolute Gasteiger partial charge is 0.408 e. The second-order valence-corrected chi connectivity index (χ2v) is 7.83. The number of esters is 1. The van der Waals surface area contributed by atoms with Gasteiger partial charge in [-0.15, -0.1) is 0 Å². The molecule has 0 radical (unpaired) electrons. The summed E-state index contributed by atoms with van der Waals surface area (Å²) in [5.41, 5.74) is -0.0525. The third kappa shape index (κ3) is 7.85. The van der Waals surface area contributed by atoms with Gasteiger partial charge in [0.2, 0.25) is 5.91 Å². The number of phenols is 1. The van der Waals surface area contributed by atoms with E-state index in [0.717, 1.165) is 0 Å². The third-order valence-corrected chi connectivity index (χ3v) is 3.77. The summed E-state index contributed by atoms with van der Waals surface area (Å²) in [6.45, 7) is 8.70. The summed E-state index contributed by atoms with van der Waals surface area (Å²) in [4.78, 5) is 36.9. The molecule has 0 saturated carbocycles. The molecule has 0 bridgehead atoms. The Hall–Kier alpha value is -2.77. The van der Waals surface area contributed by atoms with E-state index in [1.165, 1.54) is 19.2 Å². The quantitative estimate of drug-likeness (QED) is 0.611. The SMILES string of the molecule is COC(=O)[C@H](Cc1cccc(O)c1)NC(=O)[C@@H](NC(=O)OC(C)(C)C)C(C)C. The van der Waals surface area contributed by atoms with Crippen molar-refractivity contribution in [2.45, 2.75) is 58.7 Å². The molecule has 8 nitrogen and oxygen atoms in total. The summed E-state index contributed by atoms with van der Waals surface area (Å²) in [7, 11) is 1.23. The highest BCUT2D eigenvalue weighted by atomic mass is 16.6. The summed E-state index contributed by atoms with van der Waals surface area (Å²) in [6, 6.07) is 4.50. The number of aromatic hydroxyl groups is 1. The van der Waals surface area contributed by atoms with Crippen molar-refractivity contribution >= 4 is 18.0 Å². The van der Waals surface area contributed by atoms with E-state index in [4.69, 9.17) is 9.47 Å². The first kappa shape index (κ1) is 23.3. The number of carbonyl (C=O) groups is 3. The number of carbonyl (C=O) groups excluding carboxylic acids is 3. The van der Waals surface area contributed by atoms with E-state index < -0.39 is 35.7 Å². The topological polar surface area (TPSA) is 114 Å². The standard InChI is InChI=1S/C20H30N2O6/c1-12(2)16(22-19(26)28-20(3,4)5)17(24)21-15(18(25)27-6)11-13-8-7-9-14(23)10-13/h7-10,12,15-16,23H,11H2,1-6H3,(H,21,24)(H,22,26)/t15-,16-/m0/s1. The molecule has 2 amide bonds. The van der Waals surface area contributed by atoms with Crippen LogP contribution in [0.1, 0.15) is 40.2 Å². The zero-order valence-electron chi connectivity index (χ0n) is 17.2. The van der Waals surface area contributed by atoms with Crippen molar-refractivity contribution in [3.63, 3.8) is 0 Å². The molecule has 1 aromatic carbocycles. The summed E-state index contributed by atoms with van der Waals surface area (Å²) >= 11 is 0. The molecule has 3 N–H and O–H groups in total. The molecular weight excluding hydrogens is 364 g/mol. The van der Waals surface area contributed by atoms with Crippen LogP contribution in [-0.4, -0.2) is 47.9 Å². The molecule has 0 aliphatic carbocycles. The van der Waals surface area contributed by atoms with Crippen LogP contribution in [0, 0.1) is 5.92 Å². The molecule has 1 rings (SSSR count). The number of alkyl carbamates (subject to hydrolysis) is 1. The van der Waals surface area contributed by atoms with E-state index in [1.54, 1.807) is 46.8 Å². The first-order valence-corrected chi connectivity index (χ1v) is 9.08. The average Bonchev–Trinajstić information content (AvgIpc) is 2.56. The second kappa shape index (κ2) is 9.96. The van der Waals surface area contributed by atoms with E-state index in [1.807, 2.05) is 0 Å². The lowest BCUT2D eigenvalue weighted by molar-refractivity contribution is -0.145. The fourth-order valence-corrected chi connectivity index (χ4v) is 2.49. The van der Waals surface area contributed by atoms with Crippen molar-refractivity contribution in [2.24, 2.45) is 5.92 Å². The van der Waals surface area contributed by atoms with Crippen molar-refractivity contribution in [1.82, 2.24) is 10.6 Å². The van der Waals surface area contributed by atoms with Crippen LogP contribution < -0.4 is 10.6 Å². The van der Waals surface area contributed by atoms with Gasteiger partial charge in [-0.05, 0) is 44.4 Å². The van der Waals surface area contributed by atoms with Gasteiger partial charge in [-0.25, -0.2) is 9.59 Å². The Labute approximate surface area is 165 Å². The summed E-state index contributed by atoms with van der Waals surface area (Å²) < 4.78 is 9.98. The number of rotatable bonds is 7. The molecule has 0 aliphatic heterocycles. The van der Waals surface area contributed by atoms with E-state index in [2.05, 4.69) is 10.6 Å². The Morgan fingerprint density at radius 1 is 1.14 bits per heavy atom. The number of hydrogen-bond acceptors (Lipinski definition) is 6. The maximum atomic E-state index is 12.7. The lowest BCUT2D eigenvalue weighted by atomic mass is 10.0. The highest BCUT2D eigenvalue weighted by Gasteiger charge is 2.30. The molecule has 156 valence electrons. The normalized spacial score (nSPS) is 13.4. The molecule has 2 atom stereocenters. The number of ether oxygens (including phenoxy) is 2. The van der Waals surface area contributed by atoms with Gasteiger partial charge < -0.3 is 25.2 Å². The van der Waals surface area contributed by atoms with Gasteiger partial charge in [-0.1, -0.05) is 26.0 Å². The zero-order chi connectivity index (χ0) is 21.5. The van der Waals surface area contributed by atoms with Crippen molar-refractivity contribution in [3.8, 4) is 5.75 Å². The zero-order valence-corrected chi connectivity index (χ0v) is 17.2. The van der Waals surface area contributed by atoms with Gasteiger partial charge in [-0.3, -0.25) is 4.79 Å². The van der Waals surface area contributed by atoms with E-state index in [0.29, 0.717) is 5.56 Å². The van der Waals surface area contributed by atoms with Crippen molar-refractivity contribution in [3.05, 3.63) is 29.8 Å². The molecular formula is C20H30N2O6. The van der Waals surface area contributed by atoms with Crippen LogP contribution >= 0.6 is 0 Å². The predicted molar refractivity (Wildman–Crippen MR) is 104 cm³/mol. The number of hydrogen-bond donors (Lipinski definition) is 3. The number of phenolic OH excluding ortho intramolecular Hbond substituents is 1. The maximum Gasteiger partial charge on any atom is 0.408 e. The molecule has 1 aromatic rings. The summed E-state index contributed by atoms with van der Waals surface area (Å²) in [6.07, 6.45) is -0.590. The Morgan fingerprint density at radius 3 is 2.29 bits per heavy atom. The third-order valence-electron chi connectivity index (χ3n) is 3.77. The molecule has 0 unspecified atom stereocenters. The second-order valence-electron chi connectivity index (χ2n) is 7.83. The van der Waals surface area contributed by atoms with Crippen LogP contribution in [-0.2, 0) is 25.5 Å². The van der Waals surface area contributed by atoms with Crippen LogP contribution in [0.4, 0.5) is 4.79 Å². The van der Waals surface area contributed by atoms with Crippen molar-refractivity contribution in [2.75, 3.05) is 7.11 Å². The van der Waals surface area contributed by atoms with Gasteiger partial charge in [0.15, 0.2) is 0 Å². The first-order chi connectivity index (χ1) is 12.9. The minimum atomic E-state index is -0.971. The molecule has 0 spiro atoms. The largest absolute Gasteiger partial charge is 0.508 e. The number of methoxy groups -OCH3 is 1. The Balaban J connectivity index is 2.90. The monoisotopic (exact) mass is 394 g/mol. The molecule has 8 heteroatoms. The van der Waals surface area contributed by atoms with Crippen molar-refractivity contribution < 1.29 is 29.0 Å². The van der Waals surface area contributed by atoms with Gasteiger partial charge >= 0.3 is 12.1 Å². The molecule has 0 heterocycles. The highest BCUT2D eigenvalue weighted by molar-refractivity contribution is 5.90. The molecule has 0 aliphatic rings. The van der Waals surface area contributed by atoms with Crippen LogP contribution in [0.25, 0.3) is 0 Å². The Kier molecular flexibility index (Phi) is 8.28. The van der Waals surface area contributed by atoms with Gasteiger partial charge in [-0.2, -0.15) is 0 Å². The first-order valence-electron chi connectivity index (χ1n) is 9.08. The lowest BCUT2D eigenvalue weighted by Crippen LogP contribution is -2.55. The number of nitrogens with one attached hydrogen (secondary N) is 2. The van der Waals surface area contributed by atoms with Gasteiger partial charge in [0.25, 0.3) is 0 Å². The van der Waals surface area contributed by atoms with E-state index >= 15 is 0 Å². The summed E-state index contributed by atoms with van der Waals surface area (Å²) in [5, 5.41) is 14.8. The predicted octanol–water partition coefficient (Wildman–Crippen LogP) is 2.14. The van der Waals surface area contributed by atoms with Crippen LogP contribution in [0.3, 0.4) is 0 Å². The van der Waals surface area contributed by atoms with Gasteiger partial charge in [0.1, 0.15) is 23.4 Å². The average molecular weight is 394 g/mol. The number of benzene rings is 1. The summed E-state index contributed by atoms with van der Waals surface area (Å²) in [5.74, 6) is -1.35. The number of amides is 2. The van der Waals surface area contributed by atoms with Crippen LogP contribution in [0.2, 0.25) is 0 Å². The highest BCUT2D eigenvalue weighted by Crippen LogP contribution is 2.14. The molecule has 0 aromatic heterocycles.